The first-order valence-electron chi connectivity index (χ1n) is 12.0. The number of phosphoric acid groups is 1. The van der Waals surface area contributed by atoms with Crippen molar-refractivity contribution < 1.29 is 48.4 Å². The number of phosphoric ester groups is 1. The van der Waals surface area contributed by atoms with Crippen LogP contribution in [0, 0.1) is 0 Å². The highest BCUT2D eigenvalue weighted by molar-refractivity contribution is 7.47. The van der Waals surface area contributed by atoms with Gasteiger partial charge in [-0.25, -0.2) is 29.5 Å². The Bertz CT molecular complexity index is 1680. The summed E-state index contributed by atoms with van der Waals surface area (Å²) in [4.78, 5) is 44.8. The number of anilines is 1. The summed E-state index contributed by atoms with van der Waals surface area (Å²) in [6.45, 7) is -1.40. The number of nitrogens with two attached hydrogens (primary N) is 1. The number of nitrogens with one attached hydrogen (secondary N) is 1. The van der Waals surface area contributed by atoms with Crippen LogP contribution in [-0.4, -0.2) is 114 Å². The molecule has 2 fully saturated rings. The third-order valence-corrected chi connectivity index (χ3v) is 7.77. The molecule has 6 rings (SSSR count). The number of aromatic amines is 1. The summed E-state index contributed by atoms with van der Waals surface area (Å²) in [6, 6.07) is 0. The molecule has 4 aromatic rings. The number of H-pyrrole nitrogens is 1. The number of hydrogen-bond donors (Lipinski definition) is 7. The van der Waals surface area contributed by atoms with E-state index in [9.17, 15) is 34.7 Å². The number of hydrogen-bond acceptors (Lipinski definition) is 16. The SMILES string of the molecule is Nc1ncnc2c1ncn2[C@@H]1O[C@H](COP(=O)(O)O[C@@H]2[C@H](O)[C@@H](CO)O[C@H]2n2cnc3c(=O)[nH]cnc32)[C@@H](O)[C@H]1O. The van der Waals surface area contributed by atoms with Gasteiger partial charge in [0, 0.05) is 0 Å². The molecule has 21 heteroatoms. The number of rotatable bonds is 8. The van der Waals surface area contributed by atoms with E-state index in [4.69, 9.17) is 24.3 Å². The van der Waals surface area contributed by atoms with Crippen LogP contribution in [0.4, 0.5) is 5.82 Å². The topological polar surface area (TPSA) is 288 Å². The smallest absolute Gasteiger partial charge is 0.394 e. The van der Waals surface area contributed by atoms with Gasteiger partial charge in [0.05, 0.1) is 32.2 Å². The molecular formula is C20H24N9O11P. The number of imidazole rings is 2. The largest absolute Gasteiger partial charge is 0.472 e. The van der Waals surface area contributed by atoms with Crippen molar-refractivity contribution in [3.05, 3.63) is 35.7 Å². The van der Waals surface area contributed by atoms with E-state index in [1.165, 1.54) is 21.8 Å². The Balaban J connectivity index is 1.18. The first-order valence-corrected chi connectivity index (χ1v) is 13.5. The molecule has 0 saturated carbocycles. The van der Waals surface area contributed by atoms with Gasteiger partial charge in [0.2, 0.25) is 0 Å². The second-order valence-electron chi connectivity index (χ2n) is 9.26. The molecule has 20 nitrogen and oxygen atoms in total. The molecule has 1 unspecified atom stereocenters. The molecular weight excluding hydrogens is 573 g/mol. The maximum absolute atomic E-state index is 13.0. The summed E-state index contributed by atoms with van der Waals surface area (Å²) in [5.74, 6) is 0.0890. The molecule has 0 bridgehead atoms. The fraction of sp³-hybridized carbons (Fsp3) is 0.500. The monoisotopic (exact) mass is 597 g/mol. The van der Waals surface area contributed by atoms with Gasteiger partial charge < -0.3 is 45.5 Å². The molecule has 0 amide bonds. The number of aliphatic hydroxyl groups excluding tert-OH is 4. The van der Waals surface area contributed by atoms with Gasteiger partial charge in [0.1, 0.15) is 48.5 Å². The van der Waals surface area contributed by atoms with Crippen LogP contribution in [0.15, 0.2) is 30.1 Å². The second-order valence-corrected chi connectivity index (χ2v) is 10.7. The molecule has 0 spiro atoms. The van der Waals surface area contributed by atoms with Gasteiger partial charge in [-0.05, 0) is 0 Å². The molecule has 2 aliphatic heterocycles. The van der Waals surface area contributed by atoms with Crippen LogP contribution in [0.5, 0.6) is 0 Å². The predicted octanol–water partition coefficient (Wildman–Crippen LogP) is -3.09. The lowest BCUT2D eigenvalue weighted by Crippen LogP contribution is -2.36. The van der Waals surface area contributed by atoms with Crippen LogP contribution in [0.3, 0.4) is 0 Å². The Kier molecular flexibility index (Phi) is 7.06. The average Bonchev–Trinajstić information content (AvgIpc) is 3.70. The molecule has 0 radical (unpaired) electrons. The number of fused-ring (bicyclic) bond motifs is 2. The van der Waals surface area contributed by atoms with Gasteiger partial charge in [0.15, 0.2) is 35.1 Å². The lowest BCUT2D eigenvalue weighted by atomic mass is 10.1. The Morgan fingerprint density at radius 3 is 2.39 bits per heavy atom. The van der Waals surface area contributed by atoms with E-state index >= 15 is 0 Å². The van der Waals surface area contributed by atoms with Crippen molar-refractivity contribution >= 4 is 36.0 Å². The standard InChI is InChI=1S/C20H24N9O11P/c21-15-9-16(23-3-22-15)28(5-26-9)19-13(33)11(31)8(39-19)2-37-41(35,36)40-14-12(32)7(1-30)38-20(14)29-6-27-10-17(29)24-4-25-18(10)34/h3-8,11-14,19-20,30-33H,1-2H2,(H,35,36)(H2,21,22,23)(H,24,25,34)/t7-,8-,11-,12-,13-,14-,19-,20-/m1/s1. The van der Waals surface area contributed by atoms with Gasteiger partial charge in [-0.1, -0.05) is 0 Å². The average molecular weight is 597 g/mol. The maximum Gasteiger partial charge on any atom is 0.472 e. The second kappa shape index (κ2) is 10.4. The number of ether oxygens (including phenoxy) is 2. The van der Waals surface area contributed by atoms with Crippen molar-refractivity contribution in [3.63, 3.8) is 0 Å². The number of nitrogens with zero attached hydrogens (tertiary/aromatic N) is 7. The first-order chi connectivity index (χ1) is 19.6. The van der Waals surface area contributed by atoms with E-state index in [1.807, 2.05) is 0 Å². The Morgan fingerprint density at radius 1 is 0.951 bits per heavy atom. The van der Waals surface area contributed by atoms with Crippen LogP contribution in [0.2, 0.25) is 0 Å². The van der Waals surface area contributed by atoms with Gasteiger partial charge in [-0.15, -0.1) is 0 Å². The van der Waals surface area contributed by atoms with Crippen molar-refractivity contribution in [3.8, 4) is 0 Å². The highest BCUT2D eigenvalue weighted by Gasteiger charge is 2.50. The van der Waals surface area contributed by atoms with E-state index in [0.29, 0.717) is 0 Å². The van der Waals surface area contributed by atoms with Crippen molar-refractivity contribution in [1.29, 1.82) is 0 Å². The molecule has 0 aromatic carbocycles. The zero-order chi connectivity index (χ0) is 29.1. The summed E-state index contributed by atoms with van der Waals surface area (Å²) in [5.41, 5.74) is 5.63. The molecule has 41 heavy (non-hydrogen) atoms. The van der Waals surface area contributed by atoms with Crippen LogP contribution in [-0.2, 0) is 23.1 Å². The van der Waals surface area contributed by atoms with Crippen LogP contribution in [0.25, 0.3) is 22.3 Å². The number of nitrogen functional groups attached to an aromatic ring is 1. The van der Waals surface area contributed by atoms with Gasteiger partial charge in [-0.2, -0.15) is 0 Å². The molecule has 4 aromatic heterocycles. The molecule has 220 valence electrons. The van der Waals surface area contributed by atoms with Gasteiger partial charge >= 0.3 is 7.82 Å². The molecule has 2 aliphatic rings. The quantitative estimate of drug-likeness (QED) is 0.0990. The Morgan fingerprint density at radius 2 is 1.63 bits per heavy atom. The molecule has 8 N–H and O–H groups in total. The summed E-state index contributed by atoms with van der Waals surface area (Å²) < 4.78 is 37.1. The van der Waals surface area contributed by atoms with E-state index in [2.05, 4.69) is 29.9 Å². The maximum atomic E-state index is 13.0. The number of aromatic nitrogens is 8. The summed E-state index contributed by atoms with van der Waals surface area (Å²) in [5, 5.41) is 41.4. The van der Waals surface area contributed by atoms with Crippen LogP contribution < -0.4 is 11.3 Å². The summed E-state index contributed by atoms with van der Waals surface area (Å²) in [7, 11) is -5.02. The first kappa shape index (κ1) is 27.7. The zero-order valence-corrected chi connectivity index (χ0v) is 21.6. The van der Waals surface area contributed by atoms with Gasteiger partial charge in [0.25, 0.3) is 5.56 Å². The minimum absolute atomic E-state index is 0.0217. The third-order valence-electron chi connectivity index (χ3n) is 6.79. The van der Waals surface area contributed by atoms with E-state index in [1.54, 1.807) is 0 Å². The van der Waals surface area contributed by atoms with Gasteiger partial charge in [-0.3, -0.25) is 23.0 Å². The minimum atomic E-state index is -5.02. The van der Waals surface area contributed by atoms with E-state index in [-0.39, 0.29) is 28.1 Å². The molecule has 6 heterocycles. The molecule has 2 saturated heterocycles. The van der Waals surface area contributed by atoms with Crippen molar-refractivity contribution in [1.82, 2.24) is 39.0 Å². The lowest BCUT2D eigenvalue weighted by Gasteiger charge is -2.24. The van der Waals surface area contributed by atoms with E-state index < -0.39 is 75.7 Å². The Labute approximate surface area is 227 Å². The predicted molar refractivity (Wildman–Crippen MR) is 131 cm³/mol. The van der Waals surface area contributed by atoms with Crippen LogP contribution >= 0.6 is 7.82 Å². The third kappa shape index (κ3) is 4.78. The molecule has 0 aliphatic carbocycles. The minimum Gasteiger partial charge on any atom is -0.394 e. The van der Waals surface area contributed by atoms with Crippen LogP contribution in [0.1, 0.15) is 12.5 Å². The van der Waals surface area contributed by atoms with Crippen molar-refractivity contribution in [2.45, 2.75) is 49.1 Å². The fourth-order valence-electron chi connectivity index (χ4n) is 4.76. The van der Waals surface area contributed by atoms with E-state index in [0.717, 1.165) is 12.7 Å². The zero-order valence-electron chi connectivity index (χ0n) is 20.7. The lowest BCUT2D eigenvalue weighted by molar-refractivity contribution is -0.0616. The summed E-state index contributed by atoms with van der Waals surface area (Å²) in [6.07, 6.45) is -6.66. The highest BCUT2D eigenvalue weighted by Crippen LogP contribution is 2.50. The normalized spacial score (nSPS) is 31.7. The highest BCUT2D eigenvalue weighted by atomic mass is 31.2. The Hall–Kier alpha value is -3.43. The number of aliphatic hydroxyl groups is 4. The fourth-order valence-corrected chi connectivity index (χ4v) is 5.69. The summed E-state index contributed by atoms with van der Waals surface area (Å²) >= 11 is 0. The molecule has 9 atom stereocenters. The van der Waals surface area contributed by atoms with Crippen molar-refractivity contribution in [2.24, 2.45) is 0 Å². The van der Waals surface area contributed by atoms with Crippen molar-refractivity contribution in [2.75, 3.05) is 18.9 Å².